The number of rotatable bonds is 6. The fourth-order valence-corrected chi connectivity index (χ4v) is 4.23. The number of aromatic nitrogens is 2. The summed E-state index contributed by atoms with van der Waals surface area (Å²) in [5.74, 6) is 0.392. The third kappa shape index (κ3) is 4.41. The van der Waals surface area contributed by atoms with Crippen molar-refractivity contribution >= 4 is 35.8 Å². The zero-order valence-corrected chi connectivity index (χ0v) is 18.2. The molecule has 2 heterocycles. The molecule has 10 heteroatoms. The van der Waals surface area contributed by atoms with E-state index in [-0.39, 0.29) is 16.6 Å². The number of hydrogen-bond donors (Lipinski definition) is 3. The summed E-state index contributed by atoms with van der Waals surface area (Å²) in [7, 11) is -0.157. The summed E-state index contributed by atoms with van der Waals surface area (Å²) < 4.78 is 5.44. The van der Waals surface area contributed by atoms with Gasteiger partial charge in [-0.3, -0.25) is 9.88 Å². The van der Waals surface area contributed by atoms with Gasteiger partial charge in [0, 0.05) is 46.8 Å². The Balaban J connectivity index is 1.71. The average Bonchev–Trinajstić information content (AvgIpc) is 2.73. The summed E-state index contributed by atoms with van der Waals surface area (Å²) in [4.78, 5) is 11.1. The number of halogens is 2. The number of likely N-dealkylation sites (tertiary alicyclic amines) is 1. The van der Waals surface area contributed by atoms with Crippen LogP contribution in [0.3, 0.4) is 0 Å². The summed E-state index contributed by atoms with van der Waals surface area (Å²) >= 11 is 13.1. The van der Waals surface area contributed by atoms with E-state index in [0.717, 1.165) is 0 Å². The Kier molecular flexibility index (Phi) is 6.48. The molecule has 0 bridgehead atoms. The van der Waals surface area contributed by atoms with Crippen molar-refractivity contribution in [3.63, 3.8) is 0 Å². The first kappa shape index (κ1) is 22.0. The summed E-state index contributed by atoms with van der Waals surface area (Å²) in [6.45, 7) is 1.73. The van der Waals surface area contributed by atoms with E-state index < -0.39 is 7.12 Å². The van der Waals surface area contributed by atoms with Crippen molar-refractivity contribution in [2.75, 3.05) is 20.2 Å². The molecule has 0 atom stereocenters. The molecule has 3 aromatic rings. The van der Waals surface area contributed by atoms with Gasteiger partial charge in [-0.2, -0.15) is 0 Å². The first-order chi connectivity index (χ1) is 14.9. The Morgan fingerprint density at radius 3 is 2.35 bits per heavy atom. The molecule has 3 N–H and O–H groups in total. The second kappa shape index (κ2) is 9.12. The van der Waals surface area contributed by atoms with Crippen molar-refractivity contribution < 1.29 is 19.9 Å². The van der Waals surface area contributed by atoms with Crippen molar-refractivity contribution in [3.8, 4) is 28.3 Å². The normalized spacial score (nSPS) is 14.4. The van der Waals surface area contributed by atoms with Gasteiger partial charge >= 0.3 is 7.12 Å². The molecule has 1 saturated heterocycles. The first-order valence-corrected chi connectivity index (χ1v) is 10.4. The third-order valence-electron chi connectivity index (χ3n) is 5.19. The van der Waals surface area contributed by atoms with Gasteiger partial charge < -0.3 is 19.9 Å². The highest BCUT2D eigenvalue weighted by atomic mass is 35.5. The molecule has 31 heavy (non-hydrogen) atoms. The molecule has 1 aliphatic rings. The maximum Gasteiger partial charge on any atom is 0.489 e. The van der Waals surface area contributed by atoms with Crippen LogP contribution in [0.4, 0.5) is 0 Å². The summed E-state index contributed by atoms with van der Waals surface area (Å²) in [5.41, 5.74) is 3.26. The van der Waals surface area contributed by atoms with Crippen LogP contribution < -0.4 is 10.2 Å². The van der Waals surface area contributed by atoms with Gasteiger partial charge in [0.25, 0.3) is 0 Å². The molecule has 2 aromatic carbocycles. The fourth-order valence-electron chi connectivity index (χ4n) is 3.58. The zero-order valence-electron chi connectivity index (χ0n) is 16.7. The van der Waals surface area contributed by atoms with Gasteiger partial charge in [0.05, 0.1) is 30.1 Å². The van der Waals surface area contributed by atoms with Gasteiger partial charge in [-0.15, -0.1) is 0 Å². The number of methoxy groups -OCH3 is 1. The highest BCUT2D eigenvalue weighted by Crippen LogP contribution is 2.38. The van der Waals surface area contributed by atoms with Crippen molar-refractivity contribution in [2.24, 2.45) is 0 Å². The van der Waals surface area contributed by atoms with Crippen LogP contribution in [0.1, 0.15) is 5.69 Å². The molecule has 0 radical (unpaired) electrons. The Hall–Kier alpha value is -2.20. The molecule has 0 unspecified atom stereocenters. The van der Waals surface area contributed by atoms with Crippen molar-refractivity contribution in [2.45, 2.75) is 12.6 Å². The van der Waals surface area contributed by atoms with E-state index in [2.05, 4.69) is 14.9 Å². The molecule has 7 nitrogen and oxygen atoms in total. The molecule has 1 fully saturated rings. The maximum absolute atomic E-state index is 9.55. The first-order valence-electron chi connectivity index (χ1n) is 9.63. The Morgan fingerprint density at radius 1 is 1.06 bits per heavy atom. The lowest BCUT2D eigenvalue weighted by molar-refractivity contribution is -0.00402. The lowest BCUT2D eigenvalue weighted by atomic mass is 9.79. The standard InChI is InChI=1S/C21H20BCl2N3O4/c1-31-21-18(11-27-9-12(28)10-27)25-8-17(26-21)15-6-2-4-13(19(15)23)14-5-3-7-16(20(14)24)22(29)30/h2-8,12,28-30H,9-11H2,1H3. The van der Waals surface area contributed by atoms with Gasteiger partial charge in [-0.1, -0.05) is 59.6 Å². The van der Waals surface area contributed by atoms with E-state index >= 15 is 0 Å². The predicted molar refractivity (Wildman–Crippen MR) is 121 cm³/mol. The van der Waals surface area contributed by atoms with Crippen LogP contribution in [0.5, 0.6) is 5.88 Å². The van der Waals surface area contributed by atoms with Crippen LogP contribution >= 0.6 is 23.2 Å². The minimum absolute atomic E-state index is 0.197. The van der Waals surface area contributed by atoms with Gasteiger partial charge in [0.1, 0.15) is 5.69 Å². The van der Waals surface area contributed by atoms with Crippen LogP contribution in [0.2, 0.25) is 10.0 Å². The van der Waals surface area contributed by atoms with Crippen LogP contribution in [0.15, 0.2) is 42.6 Å². The van der Waals surface area contributed by atoms with Crippen LogP contribution in [-0.4, -0.2) is 63.4 Å². The minimum atomic E-state index is -1.69. The lowest BCUT2D eigenvalue weighted by Gasteiger charge is -2.35. The second-order valence-corrected chi connectivity index (χ2v) is 8.06. The zero-order chi connectivity index (χ0) is 22.1. The number of aliphatic hydroxyl groups excluding tert-OH is 1. The second-order valence-electron chi connectivity index (χ2n) is 7.31. The van der Waals surface area contributed by atoms with E-state index in [0.29, 0.717) is 58.6 Å². The SMILES string of the molecule is COc1nc(-c2cccc(-c3cccc(B(O)O)c3Cl)c2Cl)cnc1CN1CC(O)C1. The maximum atomic E-state index is 9.55. The van der Waals surface area contributed by atoms with E-state index in [1.807, 2.05) is 12.1 Å². The number of ether oxygens (including phenoxy) is 1. The topological polar surface area (TPSA) is 98.9 Å². The third-order valence-corrected chi connectivity index (χ3v) is 6.02. The highest BCUT2D eigenvalue weighted by Gasteiger charge is 2.26. The van der Waals surface area contributed by atoms with E-state index in [9.17, 15) is 15.2 Å². The Morgan fingerprint density at radius 2 is 1.71 bits per heavy atom. The van der Waals surface area contributed by atoms with Crippen molar-refractivity contribution in [3.05, 3.63) is 58.3 Å². The number of benzene rings is 2. The molecule has 1 aliphatic heterocycles. The van der Waals surface area contributed by atoms with Crippen LogP contribution in [-0.2, 0) is 6.54 Å². The highest BCUT2D eigenvalue weighted by molar-refractivity contribution is 6.63. The molecule has 0 aliphatic carbocycles. The summed E-state index contributed by atoms with van der Waals surface area (Å²) in [6.07, 6.45) is 1.34. The number of β-amino-alcohol motifs (C(OH)–C–C–N with tert-alkyl or cyclic N) is 1. The predicted octanol–water partition coefficient (Wildman–Crippen LogP) is 1.98. The molecule has 0 spiro atoms. The van der Waals surface area contributed by atoms with Gasteiger partial charge in [0.15, 0.2) is 0 Å². The molecule has 1 aromatic heterocycles. The monoisotopic (exact) mass is 459 g/mol. The minimum Gasteiger partial charge on any atom is -0.480 e. The summed E-state index contributed by atoms with van der Waals surface area (Å²) in [6, 6.07) is 10.4. The Labute approximate surface area is 190 Å². The molecular weight excluding hydrogens is 440 g/mol. The number of aliphatic hydroxyl groups is 1. The fraction of sp³-hybridized carbons (Fsp3) is 0.238. The molecular formula is C21H20BCl2N3O4. The Bertz CT molecular complexity index is 1110. The molecule has 0 amide bonds. The van der Waals surface area contributed by atoms with E-state index in [1.165, 1.54) is 7.11 Å². The lowest BCUT2D eigenvalue weighted by Crippen LogP contribution is -2.50. The summed E-state index contributed by atoms with van der Waals surface area (Å²) in [5, 5.41) is 29.2. The van der Waals surface area contributed by atoms with Crippen molar-refractivity contribution in [1.29, 1.82) is 0 Å². The van der Waals surface area contributed by atoms with E-state index in [1.54, 1.807) is 30.5 Å². The smallest absolute Gasteiger partial charge is 0.480 e. The largest absolute Gasteiger partial charge is 0.489 e. The molecule has 0 saturated carbocycles. The number of hydrogen-bond acceptors (Lipinski definition) is 7. The van der Waals surface area contributed by atoms with Crippen LogP contribution in [0.25, 0.3) is 22.4 Å². The van der Waals surface area contributed by atoms with Crippen molar-refractivity contribution in [1.82, 2.24) is 14.9 Å². The van der Waals surface area contributed by atoms with Gasteiger partial charge in [-0.25, -0.2) is 4.98 Å². The quantitative estimate of drug-likeness (QED) is 0.484. The average molecular weight is 460 g/mol. The van der Waals surface area contributed by atoms with Gasteiger partial charge in [0.2, 0.25) is 5.88 Å². The van der Waals surface area contributed by atoms with Crippen LogP contribution in [0, 0.1) is 0 Å². The molecule has 160 valence electrons. The molecule has 4 rings (SSSR count). The van der Waals surface area contributed by atoms with E-state index in [4.69, 9.17) is 27.9 Å². The number of nitrogens with zero attached hydrogens (tertiary/aromatic N) is 3. The van der Waals surface area contributed by atoms with Gasteiger partial charge in [-0.05, 0) is 0 Å².